The smallest absolute Gasteiger partial charge is 0.194 e. The van der Waals surface area contributed by atoms with E-state index in [1.807, 2.05) is 24.4 Å². The molecule has 0 aliphatic rings. The number of rotatable bonds is 5. The molecule has 0 radical (unpaired) electrons. The first-order valence-corrected chi connectivity index (χ1v) is 6.90. The molecule has 0 aliphatic carbocycles. The fraction of sp³-hybridized carbons (Fsp3) is 0.286. The lowest BCUT2D eigenvalue weighted by Gasteiger charge is -2.15. The summed E-state index contributed by atoms with van der Waals surface area (Å²) in [6.45, 7) is 2.33. The highest BCUT2D eigenvalue weighted by Crippen LogP contribution is 2.22. The third-order valence-corrected chi connectivity index (χ3v) is 3.88. The average Bonchev–Trinajstić information content (AvgIpc) is 2.90. The molecule has 2 aromatic rings. The van der Waals surface area contributed by atoms with Gasteiger partial charge in [-0.15, -0.1) is 11.3 Å². The zero-order valence-electron chi connectivity index (χ0n) is 10.4. The molecule has 1 unspecified atom stereocenters. The van der Waals surface area contributed by atoms with Crippen molar-refractivity contribution in [2.75, 3.05) is 0 Å². The van der Waals surface area contributed by atoms with Crippen LogP contribution in [0.1, 0.15) is 29.8 Å². The minimum absolute atomic E-state index is 0.135. The van der Waals surface area contributed by atoms with Crippen LogP contribution in [0.5, 0.6) is 0 Å². The van der Waals surface area contributed by atoms with Crippen LogP contribution >= 0.6 is 11.3 Å². The number of nitrogens with one attached hydrogen (secondary N) is 1. The molecule has 0 bridgehead atoms. The van der Waals surface area contributed by atoms with Gasteiger partial charge in [0.15, 0.2) is 17.5 Å². The second-order valence-electron chi connectivity index (χ2n) is 4.23. The molecule has 0 amide bonds. The number of benzene rings is 1. The van der Waals surface area contributed by atoms with Crippen molar-refractivity contribution in [3.8, 4) is 0 Å². The van der Waals surface area contributed by atoms with Crippen molar-refractivity contribution in [1.82, 2.24) is 5.32 Å². The van der Waals surface area contributed by atoms with E-state index in [4.69, 9.17) is 0 Å². The Labute approximate surface area is 114 Å². The van der Waals surface area contributed by atoms with Crippen LogP contribution < -0.4 is 5.32 Å². The van der Waals surface area contributed by atoms with Crippen molar-refractivity contribution in [3.63, 3.8) is 0 Å². The standard InChI is InChI=1S/C14H14F3NS/c1-2-12(13-4-3-5-19-13)18-8-9-6-10(15)14(17)11(16)7-9/h3-7,12,18H,2,8H2,1H3. The summed E-state index contributed by atoms with van der Waals surface area (Å²) in [5.74, 6) is -3.73. The molecule has 0 spiro atoms. The van der Waals surface area contributed by atoms with Crippen LogP contribution in [-0.2, 0) is 6.54 Å². The lowest BCUT2D eigenvalue weighted by molar-refractivity contribution is 0.442. The number of halogens is 3. The van der Waals surface area contributed by atoms with Crippen molar-refractivity contribution in [3.05, 3.63) is 57.5 Å². The van der Waals surface area contributed by atoms with Gasteiger partial charge in [0.2, 0.25) is 0 Å². The normalized spacial score (nSPS) is 12.6. The van der Waals surface area contributed by atoms with E-state index in [0.717, 1.165) is 18.6 Å². The molecule has 0 saturated carbocycles. The second-order valence-corrected chi connectivity index (χ2v) is 5.21. The van der Waals surface area contributed by atoms with Gasteiger partial charge in [0.25, 0.3) is 0 Å². The van der Waals surface area contributed by atoms with Gasteiger partial charge in [-0.05, 0) is 35.6 Å². The summed E-state index contributed by atoms with van der Waals surface area (Å²) in [5, 5.41) is 5.20. The third kappa shape index (κ3) is 3.36. The summed E-state index contributed by atoms with van der Waals surface area (Å²) in [4.78, 5) is 1.17. The molecule has 5 heteroatoms. The molecule has 102 valence electrons. The molecule has 0 saturated heterocycles. The Morgan fingerprint density at radius 1 is 1.21 bits per heavy atom. The highest BCUT2D eigenvalue weighted by atomic mass is 32.1. The van der Waals surface area contributed by atoms with Crippen LogP contribution in [0.4, 0.5) is 13.2 Å². The summed E-state index contributed by atoms with van der Waals surface area (Å²) in [6.07, 6.45) is 0.868. The maximum atomic E-state index is 13.1. The van der Waals surface area contributed by atoms with E-state index in [1.165, 1.54) is 4.88 Å². The third-order valence-electron chi connectivity index (χ3n) is 2.89. The molecule has 19 heavy (non-hydrogen) atoms. The van der Waals surface area contributed by atoms with Crippen LogP contribution in [0.15, 0.2) is 29.6 Å². The monoisotopic (exact) mass is 285 g/mol. The van der Waals surface area contributed by atoms with Crippen molar-refractivity contribution >= 4 is 11.3 Å². The molecule has 1 atom stereocenters. The van der Waals surface area contributed by atoms with Gasteiger partial charge in [-0.1, -0.05) is 13.0 Å². The molecule has 0 aliphatic heterocycles. The molecule has 1 nitrogen and oxygen atoms in total. The lowest BCUT2D eigenvalue weighted by Crippen LogP contribution is -2.19. The van der Waals surface area contributed by atoms with E-state index in [2.05, 4.69) is 5.32 Å². The fourth-order valence-corrected chi connectivity index (χ4v) is 2.77. The van der Waals surface area contributed by atoms with E-state index in [1.54, 1.807) is 11.3 Å². The van der Waals surface area contributed by atoms with Gasteiger partial charge in [-0.2, -0.15) is 0 Å². The lowest BCUT2D eigenvalue weighted by atomic mass is 10.1. The highest BCUT2D eigenvalue weighted by molar-refractivity contribution is 7.10. The Morgan fingerprint density at radius 3 is 2.42 bits per heavy atom. The van der Waals surface area contributed by atoms with E-state index >= 15 is 0 Å². The van der Waals surface area contributed by atoms with Gasteiger partial charge in [0, 0.05) is 17.5 Å². The van der Waals surface area contributed by atoms with Gasteiger partial charge in [-0.3, -0.25) is 0 Å². The van der Waals surface area contributed by atoms with Crippen LogP contribution in [0, 0.1) is 17.5 Å². The van der Waals surface area contributed by atoms with Gasteiger partial charge in [0.1, 0.15) is 0 Å². The molecular weight excluding hydrogens is 271 g/mol. The molecule has 1 heterocycles. The summed E-state index contributed by atoms with van der Waals surface area (Å²) in [7, 11) is 0. The molecular formula is C14H14F3NS. The predicted octanol–water partition coefficient (Wildman–Crippen LogP) is 4.41. The zero-order valence-corrected chi connectivity index (χ0v) is 11.2. The van der Waals surface area contributed by atoms with E-state index in [-0.39, 0.29) is 6.04 Å². The Hall–Kier alpha value is -1.33. The van der Waals surface area contributed by atoms with Gasteiger partial charge >= 0.3 is 0 Å². The highest BCUT2D eigenvalue weighted by Gasteiger charge is 2.13. The minimum Gasteiger partial charge on any atom is -0.305 e. The molecule has 1 aromatic carbocycles. The topological polar surface area (TPSA) is 12.0 Å². The second kappa shape index (κ2) is 6.21. The number of hydrogen-bond donors (Lipinski definition) is 1. The summed E-state index contributed by atoms with van der Waals surface area (Å²) in [5.41, 5.74) is 0.395. The number of hydrogen-bond acceptors (Lipinski definition) is 2. The Morgan fingerprint density at radius 2 is 1.89 bits per heavy atom. The summed E-state index contributed by atoms with van der Waals surface area (Å²) >= 11 is 1.63. The van der Waals surface area contributed by atoms with E-state index in [0.29, 0.717) is 12.1 Å². The van der Waals surface area contributed by atoms with E-state index < -0.39 is 17.5 Å². The first-order valence-electron chi connectivity index (χ1n) is 6.02. The molecule has 1 aromatic heterocycles. The Kier molecular flexibility index (Phi) is 4.61. The van der Waals surface area contributed by atoms with Gasteiger partial charge in [0.05, 0.1) is 0 Å². The zero-order chi connectivity index (χ0) is 13.8. The largest absolute Gasteiger partial charge is 0.305 e. The molecule has 0 fully saturated rings. The number of thiophene rings is 1. The van der Waals surface area contributed by atoms with Gasteiger partial charge < -0.3 is 5.32 Å². The summed E-state index contributed by atoms with van der Waals surface area (Å²) in [6, 6.07) is 6.15. The van der Waals surface area contributed by atoms with Crippen molar-refractivity contribution in [1.29, 1.82) is 0 Å². The van der Waals surface area contributed by atoms with E-state index in [9.17, 15) is 13.2 Å². The van der Waals surface area contributed by atoms with Crippen LogP contribution in [0.2, 0.25) is 0 Å². The van der Waals surface area contributed by atoms with Crippen molar-refractivity contribution in [2.45, 2.75) is 25.9 Å². The Bertz CT molecular complexity index is 517. The van der Waals surface area contributed by atoms with Crippen LogP contribution in [-0.4, -0.2) is 0 Å². The maximum Gasteiger partial charge on any atom is 0.194 e. The molecule has 1 N–H and O–H groups in total. The Balaban J connectivity index is 2.06. The fourth-order valence-electron chi connectivity index (χ4n) is 1.89. The van der Waals surface area contributed by atoms with Crippen molar-refractivity contribution < 1.29 is 13.2 Å². The summed E-state index contributed by atoms with van der Waals surface area (Å²) < 4.78 is 39.0. The van der Waals surface area contributed by atoms with Crippen LogP contribution in [0.25, 0.3) is 0 Å². The minimum atomic E-state index is -1.42. The predicted molar refractivity (Wildman–Crippen MR) is 70.5 cm³/mol. The SMILES string of the molecule is CCC(NCc1cc(F)c(F)c(F)c1)c1cccs1. The quantitative estimate of drug-likeness (QED) is 0.803. The van der Waals surface area contributed by atoms with Crippen LogP contribution in [0.3, 0.4) is 0 Å². The van der Waals surface area contributed by atoms with Gasteiger partial charge in [-0.25, -0.2) is 13.2 Å². The van der Waals surface area contributed by atoms with Crippen molar-refractivity contribution in [2.24, 2.45) is 0 Å². The first-order chi connectivity index (χ1) is 9.11. The molecule has 2 rings (SSSR count). The average molecular weight is 285 g/mol. The maximum absolute atomic E-state index is 13.1. The first kappa shape index (κ1) is 14.1.